The summed E-state index contributed by atoms with van der Waals surface area (Å²) in [5, 5.41) is 9.87. The van der Waals surface area contributed by atoms with Crippen molar-refractivity contribution in [3.8, 4) is 11.5 Å². The number of rotatable bonds is 3. The zero-order valence-corrected chi connectivity index (χ0v) is 13.8. The topological polar surface area (TPSA) is 29.5 Å². The summed E-state index contributed by atoms with van der Waals surface area (Å²) < 4.78 is 7.03. The Morgan fingerprint density at radius 3 is 2.35 bits per heavy atom. The molecule has 0 radical (unpaired) electrons. The fraction of sp³-hybridized carbons (Fsp3) is 0.294. The zero-order valence-electron chi connectivity index (χ0n) is 12.2. The van der Waals surface area contributed by atoms with Crippen molar-refractivity contribution in [2.45, 2.75) is 33.8 Å². The van der Waals surface area contributed by atoms with Crippen molar-refractivity contribution >= 4 is 15.9 Å². The number of aryl methyl sites for hydroxylation is 2. The number of halogens is 1. The molecule has 0 aliphatic carbocycles. The first-order valence-corrected chi connectivity index (χ1v) is 7.41. The van der Waals surface area contributed by atoms with Gasteiger partial charge in [-0.3, -0.25) is 0 Å². The Morgan fingerprint density at radius 2 is 1.70 bits per heavy atom. The predicted octanol–water partition coefficient (Wildman–Crippen LogP) is 5.22. The number of hydrogen-bond donors (Lipinski definition) is 1. The first-order chi connectivity index (χ1) is 9.40. The predicted molar refractivity (Wildman–Crippen MR) is 85.5 cm³/mol. The van der Waals surface area contributed by atoms with Crippen molar-refractivity contribution in [1.29, 1.82) is 0 Å². The van der Waals surface area contributed by atoms with E-state index in [-0.39, 0.29) is 0 Å². The van der Waals surface area contributed by atoms with Gasteiger partial charge in [0, 0.05) is 10.0 Å². The first-order valence-electron chi connectivity index (χ1n) is 6.62. The summed E-state index contributed by atoms with van der Waals surface area (Å²) in [4.78, 5) is 0. The quantitative estimate of drug-likeness (QED) is 0.833. The maximum atomic E-state index is 9.87. The van der Waals surface area contributed by atoms with Gasteiger partial charge in [-0.05, 0) is 56.5 Å². The standard InChI is InChI=1S/C17H19BrO2/c1-10-5-6-11(2)17(12(10)3)20-16-9-14(18)7-8-15(16)13(4)19/h5-9,13,19H,1-4H3. The Morgan fingerprint density at radius 1 is 1.05 bits per heavy atom. The van der Waals surface area contributed by atoms with Crippen LogP contribution in [0.3, 0.4) is 0 Å². The van der Waals surface area contributed by atoms with Crippen LogP contribution in [0.2, 0.25) is 0 Å². The summed E-state index contributed by atoms with van der Waals surface area (Å²) in [7, 11) is 0. The van der Waals surface area contributed by atoms with E-state index in [1.165, 1.54) is 5.56 Å². The smallest absolute Gasteiger partial charge is 0.134 e. The number of ether oxygens (including phenoxy) is 1. The van der Waals surface area contributed by atoms with Gasteiger partial charge in [0.1, 0.15) is 11.5 Å². The minimum Gasteiger partial charge on any atom is -0.456 e. The molecule has 1 unspecified atom stereocenters. The van der Waals surface area contributed by atoms with Crippen LogP contribution in [0.1, 0.15) is 35.3 Å². The van der Waals surface area contributed by atoms with Gasteiger partial charge in [0.05, 0.1) is 6.10 Å². The molecule has 0 aliphatic rings. The van der Waals surface area contributed by atoms with Crippen LogP contribution in [-0.2, 0) is 0 Å². The molecule has 0 saturated carbocycles. The molecule has 20 heavy (non-hydrogen) atoms. The molecular formula is C17H19BrO2. The highest BCUT2D eigenvalue weighted by Gasteiger charge is 2.14. The second-order valence-electron chi connectivity index (χ2n) is 5.11. The number of aliphatic hydroxyl groups excluding tert-OH is 1. The molecule has 0 aliphatic heterocycles. The molecule has 106 valence electrons. The van der Waals surface area contributed by atoms with Gasteiger partial charge in [-0.25, -0.2) is 0 Å². The summed E-state index contributed by atoms with van der Waals surface area (Å²) in [6.45, 7) is 7.89. The Labute approximate surface area is 128 Å². The second kappa shape index (κ2) is 5.98. The number of benzene rings is 2. The lowest BCUT2D eigenvalue weighted by molar-refractivity contribution is 0.195. The molecular weight excluding hydrogens is 316 g/mol. The van der Waals surface area contributed by atoms with E-state index in [0.29, 0.717) is 5.75 Å². The van der Waals surface area contributed by atoms with E-state index in [0.717, 1.165) is 26.9 Å². The van der Waals surface area contributed by atoms with Gasteiger partial charge in [-0.2, -0.15) is 0 Å². The molecule has 3 heteroatoms. The van der Waals surface area contributed by atoms with Gasteiger partial charge < -0.3 is 9.84 Å². The first kappa shape index (κ1) is 15.1. The average Bonchev–Trinajstić information content (AvgIpc) is 2.39. The van der Waals surface area contributed by atoms with Gasteiger partial charge in [0.2, 0.25) is 0 Å². The van der Waals surface area contributed by atoms with E-state index < -0.39 is 6.10 Å². The fourth-order valence-electron chi connectivity index (χ4n) is 2.13. The lowest BCUT2D eigenvalue weighted by Crippen LogP contribution is -1.99. The molecule has 2 aromatic rings. The van der Waals surface area contributed by atoms with Gasteiger partial charge >= 0.3 is 0 Å². The largest absolute Gasteiger partial charge is 0.456 e. The molecule has 0 aromatic heterocycles. The van der Waals surface area contributed by atoms with Crippen LogP contribution in [0.4, 0.5) is 0 Å². The van der Waals surface area contributed by atoms with Gasteiger partial charge in [-0.15, -0.1) is 0 Å². The number of aliphatic hydroxyl groups is 1. The molecule has 0 amide bonds. The van der Waals surface area contributed by atoms with Crippen molar-refractivity contribution in [2.75, 3.05) is 0 Å². The van der Waals surface area contributed by atoms with Gasteiger partial charge in [0.15, 0.2) is 0 Å². The summed E-state index contributed by atoms with van der Waals surface area (Å²) in [6, 6.07) is 9.82. The van der Waals surface area contributed by atoms with Crippen LogP contribution in [0.5, 0.6) is 11.5 Å². The van der Waals surface area contributed by atoms with Crippen LogP contribution < -0.4 is 4.74 Å². The molecule has 2 nitrogen and oxygen atoms in total. The molecule has 1 atom stereocenters. The summed E-state index contributed by atoms with van der Waals surface area (Å²) in [6.07, 6.45) is -0.566. The van der Waals surface area contributed by atoms with Crippen LogP contribution in [-0.4, -0.2) is 5.11 Å². The van der Waals surface area contributed by atoms with Crippen LogP contribution >= 0.6 is 15.9 Å². The third kappa shape index (κ3) is 3.05. The van der Waals surface area contributed by atoms with E-state index in [4.69, 9.17) is 4.74 Å². The molecule has 0 fully saturated rings. The van der Waals surface area contributed by atoms with Crippen LogP contribution in [0.15, 0.2) is 34.8 Å². The Kier molecular flexibility index (Phi) is 4.51. The highest BCUT2D eigenvalue weighted by atomic mass is 79.9. The second-order valence-corrected chi connectivity index (χ2v) is 6.03. The lowest BCUT2D eigenvalue weighted by Gasteiger charge is -2.17. The van der Waals surface area contributed by atoms with Crippen LogP contribution in [0, 0.1) is 20.8 Å². The lowest BCUT2D eigenvalue weighted by atomic mass is 10.0. The molecule has 2 rings (SSSR count). The van der Waals surface area contributed by atoms with Gasteiger partial charge in [0.25, 0.3) is 0 Å². The maximum Gasteiger partial charge on any atom is 0.134 e. The third-order valence-corrected chi connectivity index (χ3v) is 4.00. The summed E-state index contributed by atoms with van der Waals surface area (Å²) >= 11 is 3.45. The van der Waals surface area contributed by atoms with Crippen molar-refractivity contribution in [2.24, 2.45) is 0 Å². The zero-order chi connectivity index (χ0) is 14.9. The Hall–Kier alpha value is -1.32. The van der Waals surface area contributed by atoms with Crippen molar-refractivity contribution < 1.29 is 9.84 Å². The average molecular weight is 335 g/mol. The minimum absolute atomic E-state index is 0.566. The number of hydrogen-bond acceptors (Lipinski definition) is 2. The molecule has 2 aromatic carbocycles. The van der Waals surface area contributed by atoms with Gasteiger partial charge in [-0.1, -0.05) is 34.1 Å². The normalized spacial score (nSPS) is 12.3. The van der Waals surface area contributed by atoms with E-state index in [9.17, 15) is 5.11 Å². The fourth-order valence-corrected chi connectivity index (χ4v) is 2.47. The molecule has 0 bridgehead atoms. The van der Waals surface area contributed by atoms with E-state index in [1.807, 2.05) is 25.1 Å². The summed E-state index contributed by atoms with van der Waals surface area (Å²) in [5.41, 5.74) is 4.19. The monoisotopic (exact) mass is 334 g/mol. The van der Waals surface area contributed by atoms with Crippen molar-refractivity contribution in [3.05, 3.63) is 57.1 Å². The molecule has 0 heterocycles. The van der Waals surface area contributed by atoms with Crippen molar-refractivity contribution in [3.63, 3.8) is 0 Å². The highest BCUT2D eigenvalue weighted by Crippen LogP contribution is 2.36. The van der Waals surface area contributed by atoms with E-state index >= 15 is 0 Å². The highest BCUT2D eigenvalue weighted by molar-refractivity contribution is 9.10. The van der Waals surface area contributed by atoms with Crippen LogP contribution in [0.25, 0.3) is 0 Å². The Balaban J connectivity index is 2.50. The van der Waals surface area contributed by atoms with E-state index in [2.05, 4.69) is 41.9 Å². The van der Waals surface area contributed by atoms with E-state index in [1.54, 1.807) is 6.92 Å². The molecule has 0 saturated heterocycles. The molecule has 1 N–H and O–H groups in total. The Bertz CT molecular complexity index is 633. The third-order valence-electron chi connectivity index (χ3n) is 3.51. The summed E-state index contributed by atoms with van der Waals surface area (Å²) in [5.74, 6) is 1.55. The maximum absolute atomic E-state index is 9.87. The molecule has 0 spiro atoms. The minimum atomic E-state index is -0.566. The SMILES string of the molecule is Cc1ccc(C)c(Oc2cc(Br)ccc2C(C)O)c1C. The van der Waals surface area contributed by atoms with Crippen molar-refractivity contribution in [1.82, 2.24) is 0 Å².